The maximum atomic E-state index is 12.8. The zero-order valence-corrected chi connectivity index (χ0v) is 17.2. The van der Waals surface area contributed by atoms with Crippen molar-refractivity contribution in [2.45, 2.75) is 44.1 Å². The molecule has 6 nitrogen and oxygen atoms in total. The van der Waals surface area contributed by atoms with E-state index in [1.807, 2.05) is 19.1 Å². The van der Waals surface area contributed by atoms with Gasteiger partial charge in [-0.2, -0.15) is 13.2 Å². The van der Waals surface area contributed by atoms with Gasteiger partial charge in [-0.1, -0.05) is 35.9 Å². The first-order valence-electron chi connectivity index (χ1n) is 9.10. The summed E-state index contributed by atoms with van der Waals surface area (Å²) in [5.74, 6) is -0.0307. The van der Waals surface area contributed by atoms with E-state index in [9.17, 15) is 21.6 Å². The van der Waals surface area contributed by atoms with Crippen LogP contribution in [-0.2, 0) is 34.9 Å². The number of benzene rings is 2. The lowest BCUT2D eigenvalue weighted by Gasteiger charge is -2.11. The first-order valence-corrected chi connectivity index (χ1v) is 10.8. The summed E-state index contributed by atoms with van der Waals surface area (Å²) in [5, 5.41) is 7.49. The lowest BCUT2D eigenvalue weighted by atomic mass is 10.2. The van der Waals surface area contributed by atoms with Crippen LogP contribution < -0.4 is 4.74 Å². The number of hydrogen-bond donors (Lipinski definition) is 0. The van der Waals surface area contributed by atoms with Gasteiger partial charge in [-0.3, -0.25) is 4.57 Å². The van der Waals surface area contributed by atoms with Crippen LogP contribution in [0, 0.1) is 6.92 Å². The average Bonchev–Trinajstić information content (AvgIpc) is 3.11. The Kier molecular flexibility index (Phi) is 6.16. The van der Waals surface area contributed by atoms with E-state index in [4.69, 9.17) is 4.74 Å². The van der Waals surface area contributed by atoms with Crippen LogP contribution in [0.4, 0.5) is 13.2 Å². The molecule has 0 aliphatic carbocycles. The Morgan fingerprint density at radius 3 is 2.40 bits per heavy atom. The third kappa shape index (κ3) is 4.99. The van der Waals surface area contributed by atoms with Crippen LogP contribution in [0.25, 0.3) is 0 Å². The lowest BCUT2D eigenvalue weighted by molar-refractivity contribution is -0.137. The van der Waals surface area contributed by atoms with Crippen molar-refractivity contribution in [3.63, 3.8) is 0 Å². The third-order valence-corrected chi connectivity index (χ3v) is 5.97. The molecule has 0 radical (unpaired) electrons. The second-order valence-electron chi connectivity index (χ2n) is 6.70. The zero-order chi connectivity index (χ0) is 21.9. The monoisotopic (exact) mass is 439 g/mol. The highest BCUT2D eigenvalue weighted by molar-refractivity contribution is 7.90. The van der Waals surface area contributed by atoms with Crippen LogP contribution in [0.1, 0.15) is 29.4 Å². The Bertz CT molecular complexity index is 1120. The van der Waals surface area contributed by atoms with Crippen molar-refractivity contribution < 1.29 is 26.3 Å². The molecule has 2 aromatic carbocycles. The number of aromatic nitrogens is 3. The smallest absolute Gasteiger partial charge is 0.416 e. The van der Waals surface area contributed by atoms with Gasteiger partial charge < -0.3 is 4.74 Å². The van der Waals surface area contributed by atoms with E-state index in [1.165, 1.54) is 16.7 Å². The summed E-state index contributed by atoms with van der Waals surface area (Å²) in [6.07, 6.45) is -4.49. The Morgan fingerprint density at radius 2 is 1.77 bits per heavy atom. The maximum absolute atomic E-state index is 12.8. The van der Waals surface area contributed by atoms with Crippen LogP contribution in [-0.4, -0.2) is 23.2 Å². The Balaban J connectivity index is 1.79. The standard InChI is InChI=1S/C20H20F3N3O3S/c1-3-26-18(12-29-17-6-4-5-16(11-17)20(21,22)23)24-25-19(26)30(27,28)13-15-9-7-14(2)8-10-15/h4-11H,3,12-13H2,1-2H3. The topological polar surface area (TPSA) is 74.1 Å². The summed E-state index contributed by atoms with van der Waals surface area (Å²) in [6, 6.07) is 11.6. The molecule has 0 spiro atoms. The van der Waals surface area contributed by atoms with Gasteiger partial charge in [0.15, 0.2) is 5.82 Å². The highest BCUT2D eigenvalue weighted by Crippen LogP contribution is 2.31. The number of aryl methyl sites for hydroxylation is 1. The van der Waals surface area contributed by atoms with Gasteiger partial charge in [0.1, 0.15) is 12.4 Å². The quantitative estimate of drug-likeness (QED) is 0.552. The lowest BCUT2D eigenvalue weighted by Crippen LogP contribution is -2.15. The molecule has 3 aromatic rings. The summed E-state index contributed by atoms with van der Waals surface area (Å²) in [7, 11) is -3.77. The maximum Gasteiger partial charge on any atom is 0.416 e. The summed E-state index contributed by atoms with van der Waals surface area (Å²) >= 11 is 0. The van der Waals surface area contributed by atoms with Crippen LogP contribution in [0.15, 0.2) is 53.7 Å². The Hall–Kier alpha value is -2.88. The second-order valence-corrected chi connectivity index (χ2v) is 8.59. The first-order chi connectivity index (χ1) is 14.1. The van der Waals surface area contributed by atoms with Crippen molar-refractivity contribution in [3.8, 4) is 5.75 Å². The molecule has 0 amide bonds. The number of ether oxygens (including phenoxy) is 1. The summed E-state index contributed by atoms with van der Waals surface area (Å²) < 4.78 is 70.9. The normalized spacial score (nSPS) is 12.2. The molecule has 0 atom stereocenters. The molecule has 0 saturated carbocycles. The number of sulfone groups is 1. The number of hydrogen-bond acceptors (Lipinski definition) is 5. The van der Waals surface area contributed by atoms with Crippen LogP contribution in [0.2, 0.25) is 0 Å². The van der Waals surface area contributed by atoms with E-state index < -0.39 is 21.6 Å². The largest absolute Gasteiger partial charge is 0.486 e. The van der Waals surface area contributed by atoms with Gasteiger partial charge in [-0.05, 0) is 37.6 Å². The van der Waals surface area contributed by atoms with Crippen molar-refractivity contribution in [2.75, 3.05) is 0 Å². The molecule has 0 bridgehead atoms. The second kappa shape index (κ2) is 8.47. The SMILES string of the molecule is CCn1c(COc2cccc(C(F)(F)F)c2)nnc1S(=O)(=O)Cc1ccc(C)cc1. The predicted octanol–water partition coefficient (Wildman–Crippen LogP) is 4.18. The average molecular weight is 439 g/mol. The molecule has 0 N–H and O–H groups in total. The molecule has 0 aliphatic heterocycles. The van der Waals surface area contributed by atoms with Gasteiger partial charge in [0.2, 0.25) is 15.0 Å². The zero-order valence-electron chi connectivity index (χ0n) is 16.3. The molecular formula is C20H20F3N3O3S. The molecule has 0 saturated heterocycles. The molecule has 0 aliphatic rings. The van der Waals surface area contributed by atoms with E-state index in [0.29, 0.717) is 5.56 Å². The van der Waals surface area contributed by atoms with Crippen LogP contribution >= 0.6 is 0 Å². The van der Waals surface area contributed by atoms with E-state index in [2.05, 4.69) is 10.2 Å². The molecule has 3 rings (SSSR count). The summed E-state index contributed by atoms with van der Waals surface area (Å²) in [4.78, 5) is 0. The minimum Gasteiger partial charge on any atom is -0.486 e. The van der Waals surface area contributed by atoms with E-state index in [1.54, 1.807) is 19.1 Å². The van der Waals surface area contributed by atoms with Crippen LogP contribution in [0.5, 0.6) is 5.75 Å². The highest BCUT2D eigenvalue weighted by Gasteiger charge is 2.30. The Labute approximate surface area is 172 Å². The molecule has 1 aromatic heterocycles. The number of alkyl halides is 3. The summed E-state index contributed by atoms with van der Waals surface area (Å²) in [5.41, 5.74) is 0.799. The van der Waals surface area contributed by atoms with Gasteiger partial charge in [0, 0.05) is 6.54 Å². The fraction of sp³-hybridized carbons (Fsp3) is 0.300. The third-order valence-electron chi connectivity index (χ3n) is 4.39. The van der Waals surface area contributed by atoms with Crippen LogP contribution in [0.3, 0.4) is 0 Å². The fourth-order valence-corrected chi connectivity index (χ4v) is 4.35. The minimum absolute atomic E-state index is 0.000425. The molecular weight excluding hydrogens is 419 g/mol. The van der Waals surface area contributed by atoms with Gasteiger partial charge in [-0.25, -0.2) is 8.42 Å². The molecule has 30 heavy (non-hydrogen) atoms. The summed E-state index contributed by atoms with van der Waals surface area (Å²) in [6.45, 7) is 3.67. The molecule has 1 heterocycles. The van der Waals surface area contributed by atoms with Crippen molar-refractivity contribution in [3.05, 3.63) is 71.0 Å². The van der Waals surface area contributed by atoms with E-state index in [0.717, 1.165) is 17.7 Å². The highest BCUT2D eigenvalue weighted by atomic mass is 32.2. The predicted molar refractivity (Wildman–Crippen MR) is 104 cm³/mol. The number of rotatable bonds is 7. The van der Waals surface area contributed by atoms with Crippen molar-refractivity contribution in [2.24, 2.45) is 0 Å². The number of nitrogens with zero attached hydrogens (tertiary/aromatic N) is 3. The van der Waals surface area contributed by atoms with Crippen molar-refractivity contribution in [1.29, 1.82) is 0 Å². The van der Waals surface area contributed by atoms with Gasteiger partial charge in [0.05, 0.1) is 11.3 Å². The van der Waals surface area contributed by atoms with Crippen molar-refractivity contribution in [1.82, 2.24) is 14.8 Å². The minimum atomic E-state index is -4.49. The van der Waals surface area contributed by atoms with E-state index in [-0.39, 0.29) is 35.6 Å². The van der Waals surface area contributed by atoms with Gasteiger partial charge >= 0.3 is 6.18 Å². The molecule has 0 unspecified atom stereocenters. The van der Waals surface area contributed by atoms with Gasteiger partial charge in [0.25, 0.3) is 0 Å². The Morgan fingerprint density at radius 1 is 1.07 bits per heavy atom. The molecule has 10 heteroatoms. The van der Waals surface area contributed by atoms with E-state index >= 15 is 0 Å². The van der Waals surface area contributed by atoms with Crippen molar-refractivity contribution >= 4 is 9.84 Å². The van der Waals surface area contributed by atoms with Gasteiger partial charge in [-0.15, -0.1) is 10.2 Å². The first kappa shape index (κ1) is 21.8. The molecule has 160 valence electrons. The molecule has 0 fully saturated rings. The fourth-order valence-electron chi connectivity index (χ4n) is 2.85. The number of halogens is 3.